The van der Waals surface area contributed by atoms with E-state index in [0.717, 1.165) is 11.6 Å². The van der Waals surface area contributed by atoms with Crippen molar-refractivity contribution in [2.75, 3.05) is 30.9 Å². The van der Waals surface area contributed by atoms with Gasteiger partial charge in [0.2, 0.25) is 10.0 Å². The predicted octanol–water partition coefficient (Wildman–Crippen LogP) is 2.78. The quantitative estimate of drug-likeness (QED) is 0.655. The lowest BCUT2D eigenvalue weighted by Crippen LogP contribution is -2.31. The van der Waals surface area contributed by atoms with Gasteiger partial charge in [-0.1, -0.05) is 12.1 Å². The van der Waals surface area contributed by atoms with Gasteiger partial charge in [-0.3, -0.25) is 0 Å². The minimum absolute atomic E-state index is 0.0344. The molecule has 0 aliphatic rings. The summed E-state index contributed by atoms with van der Waals surface area (Å²) in [5, 5.41) is 9.70. The second-order valence-corrected chi connectivity index (χ2v) is 8.00. The van der Waals surface area contributed by atoms with Gasteiger partial charge in [0.15, 0.2) is 0 Å². The first-order valence-electron chi connectivity index (χ1n) is 8.43. The zero-order chi connectivity index (χ0) is 21.8. The van der Waals surface area contributed by atoms with Gasteiger partial charge in [-0.2, -0.15) is 13.2 Å². The van der Waals surface area contributed by atoms with Gasteiger partial charge in [-0.15, -0.1) is 0 Å². The van der Waals surface area contributed by atoms with Gasteiger partial charge < -0.3 is 15.5 Å². The molecular formula is C18H21F3N4O3S. The van der Waals surface area contributed by atoms with Crippen molar-refractivity contribution in [2.24, 2.45) is 5.14 Å². The summed E-state index contributed by atoms with van der Waals surface area (Å²) in [6.45, 7) is 0.137. The van der Waals surface area contributed by atoms with E-state index in [2.05, 4.69) is 10.6 Å². The van der Waals surface area contributed by atoms with Crippen LogP contribution in [-0.2, 0) is 22.6 Å². The Kier molecular flexibility index (Phi) is 6.75. The Bertz CT molecular complexity index is 975. The molecule has 0 atom stereocenters. The fourth-order valence-electron chi connectivity index (χ4n) is 2.49. The summed E-state index contributed by atoms with van der Waals surface area (Å²) in [5.41, 5.74) is -0.217. The summed E-state index contributed by atoms with van der Waals surface area (Å²) in [7, 11) is -0.556. The lowest BCUT2D eigenvalue weighted by Gasteiger charge is -2.19. The Hall–Kier alpha value is -2.79. The van der Waals surface area contributed by atoms with Gasteiger partial charge in [-0.25, -0.2) is 18.4 Å². The molecular weight excluding hydrogens is 409 g/mol. The summed E-state index contributed by atoms with van der Waals surface area (Å²) in [4.78, 5) is 13.5. The number of nitrogens with one attached hydrogen (secondary N) is 2. The third-order valence-electron chi connectivity index (χ3n) is 4.02. The molecule has 2 rings (SSSR count). The minimum Gasteiger partial charge on any atom is -0.378 e. The third kappa shape index (κ3) is 6.36. The average Bonchev–Trinajstić information content (AvgIpc) is 2.60. The van der Waals surface area contributed by atoms with Crippen LogP contribution in [0.15, 0.2) is 47.4 Å². The van der Waals surface area contributed by atoms with Gasteiger partial charge in [0.1, 0.15) is 0 Å². The van der Waals surface area contributed by atoms with E-state index in [1.165, 1.54) is 29.2 Å². The molecule has 0 fully saturated rings. The van der Waals surface area contributed by atoms with Gasteiger partial charge in [0, 0.05) is 26.3 Å². The first-order chi connectivity index (χ1) is 13.4. The molecule has 0 spiro atoms. The monoisotopic (exact) mass is 430 g/mol. The molecule has 0 aliphatic heterocycles. The molecule has 11 heteroatoms. The molecule has 0 saturated heterocycles. The molecule has 0 saturated carbocycles. The number of nitrogens with zero attached hydrogens (tertiary/aromatic N) is 1. The molecule has 7 nitrogen and oxygen atoms in total. The van der Waals surface area contributed by atoms with E-state index in [1.807, 2.05) is 0 Å². The largest absolute Gasteiger partial charge is 0.418 e. The second-order valence-electron chi connectivity index (χ2n) is 6.44. The van der Waals surface area contributed by atoms with Crippen LogP contribution >= 0.6 is 0 Å². The van der Waals surface area contributed by atoms with Gasteiger partial charge in [0.05, 0.1) is 16.1 Å². The number of anilines is 2. The topological polar surface area (TPSA) is 105 Å². The molecule has 2 aromatic carbocycles. The van der Waals surface area contributed by atoms with E-state index in [1.54, 1.807) is 26.2 Å². The fourth-order valence-corrected chi connectivity index (χ4v) is 3.00. The normalized spacial score (nSPS) is 11.8. The molecule has 0 radical (unpaired) electrons. The van der Waals surface area contributed by atoms with Crippen LogP contribution in [0.5, 0.6) is 0 Å². The Morgan fingerprint density at radius 3 is 2.24 bits per heavy atom. The molecule has 2 aromatic rings. The van der Waals surface area contributed by atoms with Crippen LogP contribution in [0.2, 0.25) is 0 Å². The number of nitrogens with two attached hydrogens (primary N) is 1. The van der Waals surface area contributed by atoms with E-state index < -0.39 is 27.8 Å². The number of primary sulfonamides is 1. The highest BCUT2D eigenvalue weighted by atomic mass is 32.2. The van der Waals surface area contributed by atoms with Crippen molar-refractivity contribution in [3.63, 3.8) is 0 Å². The van der Waals surface area contributed by atoms with Gasteiger partial charge >= 0.3 is 12.2 Å². The fraction of sp³-hybridized carbons (Fsp3) is 0.278. The van der Waals surface area contributed by atoms with Crippen LogP contribution in [-0.4, -0.2) is 35.1 Å². The predicted molar refractivity (Wildman–Crippen MR) is 104 cm³/mol. The van der Waals surface area contributed by atoms with E-state index in [4.69, 9.17) is 5.14 Å². The Labute approximate surface area is 166 Å². The summed E-state index contributed by atoms with van der Waals surface area (Å²) in [6.07, 6.45) is -4.27. The number of amides is 2. The van der Waals surface area contributed by atoms with Crippen molar-refractivity contribution >= 4 is 27.4 Å². The molecule has 0 heterocycles. The number of hydrogen-bond donors (Lipinski definition) is 3. The Morgan fingerprint density at radius 1 is 1.10 bits per heavy atom. The molecule has 0 bridgehead atoms. The van der Waals surface area contributed by atoms with Crippen LogP contribution < -0.4 is 20.7 Å². The number of alkyl halides is 3. The number of hydrogen-bond acceptors (Lipinski definition) is 4. The lowest BCUT2D eigenvalue weighted by molar-refractivity contribution is -0.136. The molecule has 4 N–H and O–H groups in total. The molecule has 158 valence electrons. The third-order valence-corrected chi connectivity index (χ3v) is 4.95. The molecule has 0 aliphatic carbocycles. The molecule has 29 heavy (non-hydrogen) atoms. The van der Waals surface area contributed by atoms with E-state index >= 15 is 0 Å². The average molecular weight is 430 g/mol. The summed E-state index contributed by atoms with van der Waals surface area (Å²) in [6, 6.07) is 8.61. The van der Waals surface area contributed by atoms with Crippen LogP contribution in [0.4, 0.5) is 29.3 Å². The lowest BCUT2D eigenvalue weighted by atomic mass is 10.1. The maximum Gasteiger partial charge on any atom is 0.418 e. The zero-order valence-corrected chi connectivity index (χ0v) is 16.6. The van der Waals surface area contributed by atoms with Crippen molar-refractivity contribution in [3.8, 4) is 0 Å². The summed E-state index contributed by atoms with van der Waals surface area (Å²) < 4.78 is 62.3. The van der Waals surface area contributed by atoms with Crippen LogP contribution in [0.25, 0.3) is 0 Å². The summed E-state index contributed by atoms with van der Waals surface area (Å²) >= 11 is 0. The number of benzene rings is 2. The first-order valence-corrected chi connectivity index (χ1v) is 9.98. The zero-order valence-electron chi connectivity index (χ0n) is 15.7. The molecule has 0 aromatic heterocycles. The van der Waals surface area contributed by atoms with E-state index in [-0.39, 0.29) is 17.1 Å². The van der Waals surface area contributed by atoms with Crippen LogP contribution in [0.1, 0.15) is 11.1 Å². The van der Waals surface area contributed by atoms with Crippen molar-refractivity contribution in [3.05, 3.63) is 53.6 Å². The first kappa shape index (κ1) is 22.5. The maximum atomic E-state index is 13.3. The number of rotatable bonds is 6. The minimum atomic E-state index is -4.63. The maximum absolute atomic E-state index is 13.3. The van der Waals surface area contributed by atoms with Crippen LogP contribution in [0, 0.1) is 0 Å². The number of urea groups is 1. The summed E-state index contributed by atoms with van der Waals surface area (Å²) in [5.74, 6) is 0. The number of carbonyl (C=O) groups is 1. The SMILES string of the molecule is CN(C)c1ccc(NC(=O)NCCc2ccc(S(N)(=O)=O)cc2)c(C(F)(F)F)c1. The van der Waals surface area contributed by atoms with Gasteiger partial charge in [0.25, 0.3) is 0 Å². The molecule has 0 unspecified atom stereocenters. The number of halogens is 3. The van der Waals surface area contributed by atoms with E-state index in [9.17, 15) is 26.4 Å². The highest BCUT2D eigenvalue weighted by molar-refractivity contribution is 7.89. The Morgan fingerprint density at radius 2 is 1.72 bits per heavy atom. The Balaban J connectivity index is 1.99. The van der Waals surface area contributed by atoms with E-state index in [0.29, 0.717) is 12.1 Å². The van der Waals surface area contributed by atoms with Crippen molar-refractivity contribution in [1.82, 2.24) is 5.32 Å². The molecule has 2 amide bonds. The van der Waals surface area contributed by atoms with Crippen LogP contribution in [0.3, 0.4) is 0 Å². The van der Waals surface area contributed by atoms with Gasteiger partial charge in [-0.05, 0) is 42.3 Å². The highest BCUT2D eigenvalue weighted by Crippen LogP contribution is 2.37. The van der Waals surface area contributed by atoms with Crippen molar-refractivity contribution in [1.29, 1.82) is 0 Å². The second kappa shape index (κ2) is 8.70. The highest BCUT2D eigenvalue weighted by Gasteiger charge is 2.34. The standard InChI is InChI=1S/C18H21F3N4O3S/c1-25(2)13-5-8-16(15(11-13)18(19,20)21)24-17(26)23-10-9-12-3-6-14(7-4-12)29(22,27)28/h3-8,11H,9-10H2,1-2H3,(H2,22,27,28)(H2,23,24,26). The smallest absolute Gasteiger partial charge is 0.378 e. The van der Waals surface area contributed by atoms with Crippen molar-refractivity contribution in [2.45, 2.75) is 17.5 Å². The number of carbonyl (C=O) groups excluding carboxylic acids is 1. The van der Waals surface area contributed by atoms with Crippen molar-refractivity contribution < 1.29 is 26.4 Å². The number of sulfonamides is 1.